The molecule has 4 heterocycles. The number of anilines is 1. The molecule has 50 heavy (non-hydrogen) atoms. The maximum Gasteiger partial charge on any atom is 0.336 e. The van der Waals surface area contributed by atoms with E-state index in [9.17, 15) is 14.7 Å². The maximum atomic E-state index is 14.9. The fraction of sp³-hybridized carbons (Fsp3) is 0.289. The zero-order valence-corrected chi connectivity index (χ0v) is 30.1. The van der Waals surface area contributed by atoms with E-state index < -0.39 is 5.97 Å². The Morgan fingerprint density at radius 2 is 1.72 bits per heavy atom. The monoisotopic (exact) mass is 710 g/mol. The molecule has 3 aromatic heterocycles. The summed E-state index contributed by atoms with van der Waals surface area (Å²) in [6, 6.07) is 12.5. The van der Waals surface area contributed by atoms with Crippen LogP contribution in [0.3, 0.4) is 0 Å². The van der Waals surface area contributed by atoms with Gasteiger partial charge in [0.2, 0.25) is 0 Å². The number of carboxylic acids is 1. The molecular formula is C38H36Cl2N6O4. The number of aromatic carboxylic acids is 1. The van der Waals surface area contributed by atoms with Crippen molar-refractivity contribution in [2.45, 2.75) is 53.5 Å². The number of nitrogens with zero attached hydrogens (tertiary/aromatic N) is 6. The molecule has 0 fully saturated rings. The minimum absolute atomic E-state index is 0.0892. The third-order valence-corrected chi connectivity index (χ3v) is 10.5. The first kappa shape index (κ1) is 33.6. The number of benzene rings is 3. The molecule has 3 aromatic carbocycles. The third kappa shape index (κ3) is 5.38. The Morgan fingerprint density at radius 1 is 1.02 bits per heavy atom. The van der Waals surface area contributed by atoms with Crippen molar-refractivity contribution in [1.82, 2.24) is 24.3 Å². The maximum absolute atomic E-state index is 14.9. The highest BCUT2D eigenvalue weighted by atomic mass is 35.5. The number of halogens is 2. The molecule has 0 aliphatic carbocycles. The van der Waals surface area contributed by atoms with Gasteiger partial charge in [0, 0.05) is 52.6 Å². The highest BCUT2D eigenvalue weighted by molar-refractivity contribution is 6.35. The van der Waals surface area contributed by atoms with Crippen LogP contribution >= 0.6 is 23.2 Å². The van der Waals surface area contributed by atoms with Crippen LogP contribution < -0.4 is 9.64 Å². The number of carboxylic acid groups (broad SMARTS) is 1. The molecule has 0 saturated heterocycles. The van der Waals surface area contributed by atoms with Crippen LogP contribution in [0.4, 0.5) is 5.82 Å². The summed E-state index contributed by atoms with van der Waals surface area (Å²) in [5, 5.41) is 17.4. The first-order valence-corrected chi connectivity index (χ1v) is 17.2. The lowest BCUT2D eigenvalue weighted by Gasteiger charge is -2.33. The molecule has 0 saturated carbocycles. The second kappa shape index (κ2) is 12.8. The minimum atomic E-state index is -1.08. The topological polar surface area (TPSA) is 115 Å². The van der Waals surface area contributed by atoms with Crippen molar-refractivity contribution >= 4 is 62.7 Å². The lowest BCUT2D eigenvalue weighted by atomic mass is 9.97. The molecule has 1 aliphatic heterocycles. The van der Waals surface area contributed by atoms with Gasteiger partial charge in [0.1, 0.15) is 17.8 Å². The van der Waals surface area contributed by atoms with E-state index in [1.807, 2.05) is 58.0 Å². The summed E-state index contributed by atoms with van der Waals surface area (Å²) in [5.41, 5.74) is 7.99. The number of amides is 1. The van der Waals surface area contributed by atoms with Crippen LogP contribution in [0.5, 0.6) is 5.75 Å². The van der Waals surface area contributed by atoms with Gasteiger partial charge in [-0.15, -0.1) is 0 Å². The fourth-order valence-electron chi connectivity index (χ4n) is 7.39. The lowest BCUT2D eigenvalue weighted by molar-refractivity contribution is 0.0698. The number of carbonyl (C=O) groups excluding carboxylic acids is 1. The van der Waals surface area contributed by atoms with E-state index in [1.54, 1.807) is 28.8 Å². The number of hydrogen-bond acceptors (Lipinski definition) is 6. The molecule has 0 spiro atoms. The summed E-state index contributed by atoms with van der Waals surface area (Å²) in [6.07, 6.45) is 2.69. The van der Waals surface area contributed by atoms with Crippen LogP contribution in [0.2, 0.25) is 10.0 Å². The molecule has 0 unspecified atom stereocenters. The normalized spacial score (nSPS) is 14.5. The Labute approximate surface area is 299 Å². The van der Waals surface area contributed by atoms with Gasteiger partial charge in [-0.1, -0.05) is 35.3 Å². The van der Waals surface area contributed by atoms with Gasteiger partial charge in [-0.05, 0) is 94.5 Å². The number of rotatable bonds is 8. The standard InChI is InChI=1S/C38H36Cl2N6O4/c1-19-15-24(16-20(2)33(19)40)50-14-8-10-25-26-12-13-28(39)32(30-22(4)41-18-42-23(30)5)34(26)46-21(3)17-45(37(47)35(25)46)36-31-27(38(48)49)9-7-11-29(31)44(6)43-36/h7,9,11-13,15-16,18,21H,8,10,14,17H2,1-6H3,(H,48,49)/t21-/m1/s1. The molecule has 256 valence electrons. The first-order chi connectivity index (χ1) is 23.9. The Balaban J connectivity index is 1.39. The summed E-state index contributed by atoms with van der Waals surface area (Å²) in [4.78, 5) is 37.9. The molecule has 0 radical (unpaired) electrons. The zero-order valence-electron chi connectivity index (χ0n) is 28.6. The number of fused-ring (bicyclic) bond motifs is 4. The molecule has 1 aliphatic rings. The summed E-state index contributed by atoms with van der Waals surface area (Å²) < 4.78 is 9.89. The van der Waals surface area contributed by atoms with Gasteiger partial charge < -0.3 is 14.4 Å². The molecule has 1 amide bonds. The Hall–Kier alpha value is -4.93. The van der Waals surface area contributed by atoms with Gasteiger partial charge in [-0.25, -0.2) is 14.8 Å². The first-order valence-electron chi connectivity index (χ1n) is 16.4. The van der Waals surface area contributed by atoms with Crippen LogP contribution in [0.25, 0.3) is 32.9 Å². The van der Waals surface area contributed by atoms with E-state index in [2.05, 4.69) is 21.5 Å². The second-order valence-corrected chi connectivity index (χ2v) is 13.8. The average molecular weight is 712 g/mol. The van der Waals surface area contributed by atoms with Crippen molar-refractivity contribution in [2.75, 3.05) is 18.1 Å². The summed E-state index contributed by atoms with van der Waals surface area (Å²) in [7, 11) is 1.75. The Bertz CT molecular complexity index is 2340. The largest absolute Gasteiger partial charge is 0.494 e. The number of aromatic nitrogens is 5. The van der Waals surface area contributed by atoms with Gasteiger partial charge in [0.05, 0.1) is 33.6 Å². The number of ether oxygens (including phenoxy) is 1. The molecule has 12 heteroatoms. The second-order valence-electron chi connectivity index (χ2n) is 13.0. The Morgan fingerprint density at radius 3 is 2.40 bits per heavy atom. The van der Waals surface area contributed by atoms with Gasteiger partial charge in [-0.2, -0.15) is 5.10 Å². The molecule has 1 atom stereocenters. The highest BCUT2D eigenvalue weighted by Crippen LogP contribution is 2.45. The molecule has 7 rings (SSSR count). The summed E-state index contributed by atoms with van der Waals surface area (Å²) in [5.74, 6) is -0.292. The van der Waals surface area contributed by atoms with Crippen LogP contribution in [-0.4, -0.2) is 54.5 Å². The molecule has 0 bridgehead atoms. The minimum Gasteiger partial charge on any atom is -0.494 e. The SMILES string of the molecule is Cc1cc(OCCCc2c3n(c4c(-c5c(C)ncnc5C)c(Cl)ccc24)[C@H](C)CN(c2nn(C)c4cccc(C(=O)O)c24)C3=O)cc(C)c1Cl. The van der Waals surface area contributed by atoms with E-state index in [1.165, 1.54) is 6.33 Å². The van der Waals surface area contributed by atoms with Crippen LogP contribution in [0, 0.1) is 27.7 Å². The van der Waals surface area contributed by atoms with Gasteiger partial charge in [0.25, 0.3) is 5.91 Å². The molecule has 10 nitrogen and oxygen atoms in total. The zero-order chi connectivity index (χ0) is 35.6. The van der Waals surface area contributed by atoms with Crippen molar-refractivity contribution in [2.24, 2.45) is 7.05 Å². The Kier molecular flexibility index (Phi) is 8.56. The predicted molar refractivity (Wildman–Crippen MR) is 196 cm³/mol. The molecular weight excluding hydrogens is 675 g/mol. The summed E-state index contributed by atoms with van der Waals surface area (Å²) in [6.45, 7) is 10.5. The number of aryl methyl sites for hydroxylation is 6. The van der Waals surface area contributed by atoms with Gasteiger partial charge in [0.15, 0.2) is 5.82 Å². The van der Waals surface area contributed by atoms with E-state index >= 15 is 0 Å². The van der Waals surface area contributed by atoms with Crippen molar-refractivity contribution in [3.05, 3.63) is 98.2 Å². The van der Waals surface area contributed by atoms with Crippen molar-refractivity contribution < 1.29 is 19.4 Å². The van der Waals surface area contributed by atoms with Crippen LogP contribution in [-0.2, 0) is 13.5 Å². The van der Waals surface area contributed by atoms with Crippen molar-refractivity contribution in [3.63, 3.8) is 0 Å². The van der Waals surface area contributed by atoms with E-state index in [4.69, 9.17) is 33.0 Å². The molecule has 1 N–H and O–H groups in total. The van der Waals surface area contributed by atoms with Crippen LogP contribution in [0.15, 0.2) is 48.8 Å². The van der Waals surface area contributed by atoms with Crippen LogP contribution in [0.1, 0.15) is 68.3 Å². The predicted octanol–water partition coefficient (Wildman–Crippen LogP) is 8.46. The average Bonchev–Trinajstić information content (AvgIpc) is 3.59. The summed E-state index contributed by atoms with van der Waals surface area (Å²) >= 11 is 13.4. The lowest BCUT2D eigenvalue weighted by Crippen LogP contribution is -2.43. The van der Waals surface area contributed by atoms with Gasteiger partial charge >= 0.3 is 5.97 Å². The quantitative estimate of drug-likeness (QED) is 0.158. The molecule has 6 aromatic rings. The number of hydrogen-bond donors (Lipinski definition) is 1. The smallest absolute Gasteiger partial charge is 0.336 e. The number of carbonyl (C=O) groups is 2. The van der Waals surface area contributed by atoms with Gasteiger partial charge in [-0.3, -0.25) is 14.4 Å². The highest BCUT2D eigenvalue weighted by Gasteiger charge is 2.38. The van der Waals surface area contributed by atoms with Crippen molar-refractivity contribution in [3.8, 4) is 16.9 Å². The fourth-order valence-corrected chi connectivity index (χ4v) is 7.75. The van der Waals surface area contributed by atoms with E-state index in [-0.39, 0.29) is 24.1 Å². The van der Waals surface area contributed by atoms with E-state index in [0.717, 1.165) is 60.9 Å². The third-order valence-electron chi connectivity index (χ3n) is 9.63. The van der Waals surface area contributed by atoms with Crippen molar-refractivity contribution in [1.29, 1.82) is 0 Å². The van der Waals surface area contributed by atoms with E-state index in [0.29, 0.717) is 46.9 Å².